The van der Waals surface area contributed by atoms with Crippen molar-refractivity contribution in [3.05, 3.63) is 81.9 Å². The third-order valence-corrected chi connectivity index (χ3v) is 25.8. The number of halogens is 2. The summed E-state index contributed by atoms with van der Waals surface area (Å²) in [4.78, 5) is 0. The van der Waals surface area contributed by atoms with Gasteiger partial charge in [-0.2, -0.15) is 0 Å². The van der Waals surface area contributed by atoms with E-state index in [0.717, 1.165) is 7.25 Å². The van der Waals surface area contributed by atoms with Gasteiger partial charge < -0.3 is 24.8 Å². The van der Waals surface area contributed by atoms with Crippen LogP contribution in [0.3, 0.4) is 0 Å². The summed E-state index contributed by atoms with van der Waals surface area (Å²) in [5.41, 5.74) is 9.43. The smallest absolute Gasteiger partial charge is 1.00 e. The molecule has 0 amide bonds. The van der Waals surface area contributed by atoms with Gasteiger partial charge in [0.25, 0.3) is 0 Å². The van der Waals surface area contributed by atoms with Crippen LogP contribution in [-0.4, -0.2) is 5.43 Å². The van der Waals surface area contributed by atoms with Gasteiger partial charge in [0.2, 0.25) is 0 Å². The van der Waals surface area contributed by atoms with E-state index >= 15 is 0 Å². The summed E-state index contributed by atoms with van der Waals surface area (Å²) in [6, 6.07) is 18.5. The summed E-state index contributed by atoms with van der Waals surface area (Å²) in [5.74, 6) is 1.27. The minimum absolute atomic E-state index is 0. The molecule has 0 aliphatic heterocycles. The van der Waals surface area contributed by atoms with E-state index in [1.165, 1.54) is 11.1 Å². The normalized spacial score (nSPS) is 18.5. The fourth-order valence-corrected chi connectivity index (χ4v) is 26.2. The van der Waals surface area contributed by atoms with Gasteiger partial charge in [0.05, 0.1) is 0 Å². The predicted molar refractivity (Wildman–Crippen MR) is 121 cm³/mol. The topological polar surface area (TPSA) is 0 Å². The Hall–Kier alpha value is -0.400. The molecule has 0 saturated carbocycles. The molecule has 0 heterocycles. The number of hydrogen-bond donors (Lipinski definition) is 0. The van der Waals surface area contributed by atoms with Crippen LogP contribution in [0.5, 0.6) is 0 Å². The van der Waals surface area contributed by atoms with Crippen LogP contribution in [-0.2, 0) is 20.4 Å². The molecule has 158 valence electrons. The Balaban J connectivity index is 0.00000160. The van der Waals surface area contributed by atoms with Crippen LogP contribution in [0.1, 0.15) is 57.2 Å². The third-order valence-electron chi connectivity index (χ3n) is 6.46. The maximum absolute atomic E-state index is 2.62. The number of rotatable bonds is 4. The summed E-state index contributed by atoms with van der Waals surface area (Å²) in [6.07, 6.45) is 5.10. The summed E-state index contributed by atoms with van der Waals surface area (Å²) < 4.78 is 1.50. The third kappa shape index (κ3) is 4.54. The van der Waals surface area contributed by atoms with Crippen molar-refractivity contribution < 1.29 is 45.2 Å². The first-order valence-electron chi connectivity index (χ1n) is 10.7. The molecule has 0 radical (unpaired) electrons. The summed E-state index contributed by atoms with van der Waals surface area (Å²) >= 11 is -1.91. The number of fused-ring (bicyclic) bond motifs is 2. The van der Waals surface area contributed by atoms with E-state index in [0.29, 0.717) is 11.8 Å². The van der Waals surface area contributed by atoms with Crippen LogP contribution >= 0.6 is 0 Å². The summed E-state index contributed by atoms with van der Waals surface area (Å²) in [7, 11) is 0. The van der Waals surface area contributed by atoms with Crippen molar-refractivity contribution in [3.63, 3.8) is 0 Å². The Morgan fingerprint density at radius 1 is 0.667 bits per heavy atom. The fraction of sp³-hybridized carbons (Fsp3) is 0.385. The fourth-order valence-electron chi connectivity index (χ4n) is 5.13. The van der Waals surface area contributed by atoms with Crippen molar-refractivity contribution in [2.24, 2.45) is 11.8 Å². The summed E-state index contributed by atoms with van der Waals surface area (Å²) in [5, 5.41) is 0. The number of benzene rings is 2. The first-order valence-corrected chi connectivity index (χ1v) is 19.7. The molecule has 2 unspecified atom stereocenters. The molecule has 2 aliphatic carbocycles. The molecular formula is C26H32Cl2SiZr. The number of hydrogen-bond acceptors (Lipinski definition) is 0. The predicted octanol–water partition coefficient (Wildman–Crippen LogP) is 1.45. The van der Waals surface area contributed by atoms with E-state index in [1.807, 2.05) is 0 Å². The molecule has 0 N–H and O–H groups in total. The zero-order valence-corrected chi connectivity index (χ0v) is 23.8. The van der Waals surface area contributed by atoms with E-state index in [9.17, 15) is 0 Å². The van der Waals surface area contributed by atoms with Gasteiger partial charge >= 0.3 is 180 Å². The second kappa shape index (κ2) is 10.5. The summed E-state index contributed by atoms with van der Waals surface area (Å²) in [6.45, 7) is 14.9. The molecule has 0 fully saturated rings. The molecule has 2 aromatic carbocycles. The quantitative estimate of drug-likeness (QED) is 0.521. The molecular weight excluding hydrogens is 503 g/mol. The molecule has 2 aromatic rings. The second-order valence-corrected chi connectivity index (χ2v) is 27.0. The molecule has 2 atom stereocenters. The van der Waals surface area contributed by atoms with Crippen molar-refractivity contribution in [1.82, 2.24) is 0 Å². The molecule has 4 heteroatoms. The Bertz CT molecular complexity index is 938. The Kier molecular flexibility index (Phi) is 9.03. The van der Waals surface area contributed by atoms with E-state index in [-0.39, 0.29) is 30.2 Å². The average Bonchev–Trinajstić information content (AvgIpc) is 3.22. The monoisotopic (exact) mass is 532 g/mol. The Labute approximate surface area is 203 Å². The van der Waals surface area contributed by atoms with E-state index in [2.05, 4.69) is 101 Å². The maximum atomic E-state index is 2.62. The largest absolute Gasteiger partial charge is 1.00 e. The van der Waals surface area contributed by atoms with Crippen LogP contribution in [0.4, 0.5) is 0 Å². The molecule has 2 aliphatic rings. The standard InChI is InChI=1S/2C12H13.C2H6Si.2ClH.Zr/c2*1-9(2)12-7-10-5-3-4-6-11(10)8-12;1-3-2;;;/h2*3-9H,1-2H3;1-2H3;2*1H;/q;;;;;+2/p-2. The molecule has 0 bridgehead atoms. The average molecular weight is 535 g/mol. The SMILES string of the molecule is CC(C)C1=Cc2ccccc2[CH]1[Zr+2]([CH]1C(C(C)C)=Cc2ccccc21)=[Si](C)C.[Cl-].[Cl-]. The molecule has 0 aromatic heterocycles. The van der Waals surface area contributed by atoms with Gasteiger partial charge in [-0.25, -0.2) is 0 Å². The van der Waals surface area contributed by atoms with Gasteiger partial charge in [0.1, 0.15) is 0 Å². The first kappa shape index (κ1) is 25.9. The van der Waals surface area contributed by atoms with Gasteiger partial charge in [0, 0.05) is 0 Å². The Morgan fingerprint density at radius 2 is 1.03 bits per heavy atom. The Morgan fingerprint density at radius 3 is 1.37 bits per heavy atom. The van der Waals surface area contributed by atoms with Crippen molar-refractivity contribution in [2.75, 3.05) is 0 Å². The van der Waals surface area contributed by atoms with Gasteiger partial charge in [-0.1, -0.05) is 0 Å². The zero-order chi connectivity index (χ0) is 20.0. The second-order valence-electron chi connectivity index (χ2n) is 9.18. The maximum Gasteiger partial charge on any atom is -1.00 e. The minimum Gasteiger partial charge on any atom is -1.00 e. The zero-order valence-electron chi connectivity index (χ0n) is 18.8. The van der Waals surface area contributed by atoms with Gasteiger partial charge in [-0.05, 0) is 0 Å². The van der Waals surface area contributed by atoms with Crippen LogP contribution < -0.4 is 24.8 Å². The van der Waals surface area contributed by atoms with Crippen LogP contribution in [0.15, 0.2) is 59.7 Å². The van der Waals surface area contributed by atoms with Gasteiger partial charge in [-0.3, -0.25) is 0 Å². The minimum atomic E-state index is -1.91. The van der Waals surface area contributed by atoms with Crippen molar-refractivity contribution in [2.45, 2.75) is 48.0 Å². The van der Waals surface area contributed by atoms with Crippen molar-refractivity contribution in [1.29, 1.82) is 0 Å². The van der Waals surface area contributed by atoms with E-state index in [4.69, 9.17) is 0 Å². The van der Waals surface area contributed by atoms with Crippen LogP contribution in [0, 0.1) is 11.8 Å². The van der Waals surface area contributed by atoms with Crippen molar-refractivity contribution in [3.8, 4) is 0 Å². The van der Waals surface area contributed by atoms with E-state index in [1.54, 1.807) is 22.3 Å². The number of allylic oxidation sites excluding steroid dienone is 2. The molecule has 30 heavy (non-hydrogen) atoms. The molecule has 0 nitrogen and oxygen atoms in total. The molecule has 0 saturated heterocycles. The van der Waals surface area contributed by atoms with Crippen LogP contribution in [0.25, 0.3) is 12.2 Å². The van der Waals surface area contributed by atoms with Crippen molar-refractivity contribution >= 4 is 17.6 Å². The van der Waals surface area contributed by atoms with Crippen LogP contribution in [0.2, 0.25) is 13.1 Å². The van der Waals surface area contributed by atoms with E-state index < -0.39 is 20.4 Å². The molecule has 4 rings (SSSR count). The van der Waals surface area contributed by atoms with Gasteiger partial charge in [0.15, 0.2) is 0 Å². The molecule has 0 spiro atoms. The van der Waals surface area contributed by atoms with Gasteiger partial charge in [-0.15, -0.1) is 0 Å². The first-order chi connectivity index (χ1) is 13.4.